The highest BCUT2D eigenvalue weighted by atomic mass is 16.6. The highest BCUT2D eigenvalue weighted by molar-refractivity contribution is 5.96. The molecule has 0 atom stereocenters. The number of likely N-dealkylation sites (N-methyl/N-ethyl adjacent to an activating group) is 1. The van der Waals surface area contributed by atoms with E-state index in [1.54, 1.807) is 41.0 Å². The lowest BCUT2D eigenvalue weighted by atomic mass is 9.92. The number of ether oxygens (including phenoxy) is 1. The number of rotatable bonds is 5. The van der Waals surface area contributed by atoms with Crippen LogP contribution in [-0.4, -0.2) is 79.1 Å². The van der Waals surface area contributed by atoms with E-state index in [-0.39, 0.29) is 24.5 Å². The van der Waals surface area contributed by atoms with E-state index in [1.165, 1.54) is 0 Å². The van der Waals surface area contributed by atoms with Crippen molar-refractivity contribution in [2.45, 2.75) is 45.8 Å². The van der Waals surface area contributed by atoms with E-state index in [2.05, 4.69) is 5.10 Å². The van der Waals surface area contributed by atoms with Gasteiger partial charge in [-0.1, -0.05) is 17.7 Å². The third-order valence-electron chi connectivity index (χ3n) is 6.53. The molecule has 0 unspecified atom stereocenters. The third kappa shape index (κ3) is 4.98. The van der Waals surface area contributed by atoms with E-state index in [9.17, 15) is 9.59 Å². The highest BCUT2D eigenvalue weighted by Gasteiger charge is 2.38. The van der Waals surface area contributed by atoms with Crippen molar-refractivity contribution >= 4 is 23.0 Å². The van der Waals surface area contributed by atoms with Crippen molar-refractivity contribution in [3.8, 4) is 16.8 Å². The van der Waals surface area contributed by atoms with Gasteiger partial charge in [-0.25, -0.2) is 14.5 Å². The van der Waals surface area contributed by atoms with Crippen molar-refractivity contribution < 1.29 is 14.3 Å². The summed E-state index contributed by atoms with van der Waals surface area (Å²) in [7, 11) is 3.45. The SMILES string of the molecule is Cc1ccc(-n2nc(C3CN(C(=O)OC(C)(C)C)C3)c3c(-c4cnn(CC(=O)N(C)C)c4)ccnc32)cc1. The molecule has 1 aliphatic rings. The first-order valence-corrected chi connectivity index (χ1v) is 12.7. The molecule has 0 N–H and O–H groups in total. The van der Waals surface area contributed by atoms with Crippen LogP contribution in [0.25, 0.3) is 27.8 Å². The van der Waals surface area contributed by atoms with Gasteiger partial charge in [0, 0.05) is 51.1 Å². The number of fused-ring (bicyclic) bond motifs is 1. The molecule has 5 rings (SSSR count). The lowest BCUT2D eigenvalue weighted by Gasteiger charge is -2.39. The lowest BCUT2D eigenvalue weighted by Crippen LogP contribution is -2.50. The van der Waals surface area contributed by atoms with Gasteiger partial charge in [0.1, 0.15) is 12.1 Å². The number of nitrogens with zero attached hydrogens (tertiary/aromatic N) is 7. The minimum absolute atomic E-state index is 0.0324. The van der Waals surface area contributed by atoms with Crippen molar-refractivity contribution in [2.75, 3.05) is 27.2 Å². The van der Waals surface area contributed by atoms with E-state index in [0.29, 0.717) is 13.1 Å². The number of aryl methyl sites for hydroxylation is 1. The number of aromatic nitrogens is 5. The van der Waals surface area contributed by atoms with Gasteiger partial charge in [0.15, 0.2) is 5.65 Å². The normalized spacial score (nSPS) is 14.0. The second-order valence-electron chi connectivity index (χ2n) is 11.0. The zero-order valence-electron chi connectivity index (χ0n) is 22.7. The Balaban J connectivity index is 1.55. The van der Waals surface area contributed by atoms with Crippen LogP contribution in [0.5, 0.6) is 0 Å². The molecule has 4 heterocycles. The van der Waals surface area contributed by atoms with Crippen molar-refractivity contribution in [3.63, 3.8) is 0 Å². The van der Waals surface area contributed by atoms with Crippen LogP contribution in [0.2, 0.25) is 0 Å². The molecule has 0 spiro atoms. The summed E-state index contributed by atoms with van der Waals surface area (Å²) in [6.07, 6.45) is 5.08. The van der Waals surface area contributed by atoms with Gasteiger partial charge < -0.3 is 14.5 Å². The zero-order valence-corrected chi connectivity index (χ0v) is 22.7. The summed E-state index contributed by atoms with van der Waals surface area (Å²) in [4.78, 5) is 32.8. The molecule has 38 heavy (non-hydrogen) atoms. The molecule has 1 aromatic carbocycles. The Bertz CT molecular complexity index is 1490. The molecular formula is C28H33N7O3. The summed E-state index contributed by atoms with van der Waals surface area (Å²) in [5, 5.41) is 10.4. The van der Waals surface area contributed by atoms with Crippen LogP contribution < -0.4 is 0 Å². The van der Waals surface area contributed by atoms with Crippen LogP contribution in [-0.2, 0) is 16.1 Å². The maximum Gasteiger partial charge on any atom is 0.410 e. The number of pyridine rings is 1. The summed E-state index contributed by atoms with van der Waals surface area (Å²) in [5.74, 6) is -0.00543. The van der Waals surface area contributed by atoms with Gasteiger partial charge in [-0.2, -0.15) is 10.2 Å². The monoisotopic (exact) mass is 515 g/mol. The maximum atomic E-state index is 12.6. The molecule has 1 aliphatic heterocycles. The molecule has 0 radical (unpaired) electrons. The zero-order chi connectivity index (χ0) is 27.2. The van der Waals surface area contributed by atoms with Gasteiger partial charge in [0.05, 0.1) is 23.0 Å². The van der Waals surface area contributed by atoms with Crippen molar-refractivity contribution in [1.82, 2.24) is 34.3 Å². The number of carbonyl (C=O) groups excluding carboxylic acids is 2. The average molecular weight is 516 g/mol. The molecular weight excluding hydrogens is 482 g/mol. The second kappa shape index (κ2) is 9.59. The molecule has 1 saturated heterocycles. The number of amides is 2. The lowest BCUT2D eigenvalue weighted by molar-refractivity contribution is -0.129. The van der Waals surface area contributed by atoms with E-state index in [0.717, 1.165) is 39.1 Å². The van der Waals surface area contributed by atoms with Crippen LogP contribution >= 0.6 is 0 Å². The van der Waals surface area contributed by atoms with Crippen LogP contribution in [0, 0.1) is 6.92 Å². The fraction of sp³-hybridized carbons (Fsp3) is 0.393. The molecule has 198 valence electrons. The van der Waals surface area contributed by atoms with Gasteiger partial charge in [-0.15, -0.1) is 0 Å². The van der Waals surface area contributed by atoms with Gasteiger partial charge >= 0.3 is 6.09 Å². The highest BCUT2D eigenvalue weighted by Crippen LogP contribution is 2.38. The number of benzene rings is 1. The topological polar surface area (TPSA) is 98.4 Å². The van der Waals surface area contributed by atoms with Gasteiger partial charge in [0.25, 0.3) is 0 Å². The maximum absolute atomic E-state index is 12.6. The fourth-order valence-corrected chi connectivity index (χ4v) is 4.46. The van der Waals surface area contributed by atoms with Crippen LogP contribution in [0.3, 0.4) is 0 Å². The minimum Gasteiger partial charge on any atom is -0.444 e. The minimum atomic E-state index is -0.549. The molecule has 0 aliphatic carbocycles. The van der Waals surface area contributed by atoms with E-state index >= 15 is 0 Å². The van der Waals surface area contributed by atoms with Crippen molar-refractivity contribution in [2.24, 2.45) is 0 Å². The van der Waals surface area contributed by atoms with Crippen LogP contribution in [0.4, 0.5) is 4.79 Å². The second-order valence-corrected chi connectivity index (χ2v) is 11.0. The number of hydrogen-bond donors (Lipinski definition) is 0. The van der Waals surface area contributed by atoms with E-state index < -0.39 is 5.60 Å². The van der Waals surface area contributed by atoms with Gasteiger partial charge in [-0.3, -0.25) is 9.48 Å². The summed E-state index contributed by atoms with van der Waals surface area (Å²) < 4.78 is 9.06. The Morgan fingerprint density at radius 3 is 2.47 bits per heavy atom. The molecule has 2 amide bonds. The predicted octanol–water partition coefficient (Wildman–Crippen LogP) is 4.01. The Kier molecular flexibility index (Phi) is 6.42. The largest absolute Gasteiger partial charge is 0.444 e. The molecule has 10 nitrogen and oxygen atoms in total. The van der Waals surface area contributed by atoms with Crippen molar-refractivity contribution in [3.05, 3.63) is 60.2 Å². The Morgan fingerprint density at radius 1 is 1.11 bits per heavy atom. The van der Waals surface area contributed by atoms with Crippen LogP contribution in [0.15, 0.2) is 48.9 Å². The van der Waals surface area contributed by atoms with Gasteiger partial charge in [0.2, 0.25) is 5.91 Å². The summed E-state index contributed by atoms with van der Waals surface area (Å²) in [6, 6.07) is 10.1. The van der Waals surface area contributed by atoms with E-state index in [4.69, 9.17) is 14.8 Å². The Hall–Kier alpha value is -4.21. The fourth-order valence-electron chi connectivity index (χ4n) is 4.46. The van der Waals surface area contributed by atoms with Crippen LogP contribution in [0.1, 0.15) is 37.9 Å². The summed E-state index contributed by atoms with van der Waals surface area (Å²) >= 11 is 0. The molecule has 1 fully saturated rings. The first-order valence-electron chi connectivity index (χ1n) is 12.7. The number of carbonyl (C=O) groups is 2. The third-order valence-corrected chi connectivity index (χ3v) is 6.53. The van der Waals surface area contributed by atoms with Gasteiger partial charge in [-0.05, 0) is 51.5 Å². The molecule has 3 aromatic heterocycles. The average Bonchev–Trinajstić information content (AvgIpc) is 3.43. The summed E-state index contributed by atoms with van der Waals surface area (Å²) in [5.41, 5.74) is 4.93. The molecule has 10 heteroatoms. The standard InChI is InChI=1S/C28H33N7O3/c1-18-7-9-21(10-8-18)35-26-24(25(31-35)20-14-33(15-20)27(37)38-28(2,3)4)22(11-12-29-26)19-13-30-34(16-19)17-23(36)32(5)6/h7-13,16,20H,14-15,17H2,1-6H3. The first-order chi connectivity index (χ1) is 18.0. The van der Waals surface area contributed by atoms with E-state index in [1.807, 2.05) is 68.9 Å². The number of likely N-dealkylation sites (tertiary alicyclic amines) is 1. The Labute approximate surface area is 221 Å². The predicted molar refractivity (Wildman–Crippen MR) is 144 cm³/mol. The molecule has 0 saturated carbocycles. The van der Waals surface area contributed by atoms with Crippen molar-refractivity contribution in [1.29, 1.82) is 0 Å². The smallest absolute Gasteiger partial charge is 0.410 e. The number of hydrogen-bond acceptors (Lipinski definition) is 6. The molecule has 0 bridgehead atoms. The summed E-state index contributed by atoms with van der Waals surface area (Å²) in [6.45, 7) is 8.82. The quantitative estimate of drug-likeness (QED) is 0.398. The first kappa shape index (κ1) is 25.4. The Morgan fingerprint density at radius 2 is 1.82 bits per heavy atom. The molecule has 4 aromatic rings.